The molecule has 1 aliphatic rings. The van der Waals surface area contributed by atoms with Crippen LogP contribution in [0.3, 0.4) is 0 Å². The van der Waals surface area contributed by atoms with Gasteiger partial charge in [-0.15, -0.1) is 0 Å². The molecule has 1 aliphatic heterocycles. The van der Waals surface area contributed by atoms with Gasteiger partial charge in [0.15, 0.2) is 0 Å². The van der Waals surface area contributed by atoms with Crippen molar-refractivity contribution < 1.29 is 8.85 Å². The molecule has 0 bridgehead atoms. The standard InChI is InChI=1S/C17H38N2O2Si/c1-5-18-14-17(15-19(6-2)16-18)12-10-9-11-13-22(20-7-3)21-8-4/h17,22H,5-16H2,1-4H3. The molecule has 0 atom stereocenters. The molecule has 132 valence electrons. The Hall–Kier alpha value is 0.0569. The third kappa shape index (κ3) is 8.06. The largest absolute Gasteiger partial charge is 0.397 e. The summed E-state index contributed by atoms with van der Waals surface area (Å²) in [6.07, 6.45) is 5.35. The lowest BCUT2D eigenvalue weighted by molar-refractivity contribution is 0.0515. The van der Waals surface area contributed by atoms with Gasteiger partial charge in [0.05, 0.1) is 6.67 Å². The molecule has 1 rings (SSSR count). The van der Waals surface area contributed by atoms with Crippen LogP contribution in [0.2, 0.25) is 6.04 Å². The molecular weight excluding hydrogens is 292 g/mol. The minimum atomic E-state index is -1.36. The van der Waals surface area contributed by atoms with Crippen molar-refractivity contribution in [2.75, 3.05) is 46.1 Å². The average Bonchev–Trinajstić information content (AvgIpc) is 2.54. The molecule has 1 heterocycles. The van der Waals surface area contributed by atoms with Crippen molar-refractivity contribution in [3.8, 4) is 0 Å². The number of hydrogen-bond donors (Lipinski definition) is 0. The zero-order chi connectivity index (χ0) is 16.2. The lowest BCUT2D eigenvalue weighted by Gasteiger charge is -2.39. The van der Waals surface area contributed by atoms with Crippen molar-refractivity contribution in [1.82, 2.24) is 9.80 Å². The fourth-order valence-corrected chi connectivity index (χ4v) is 5.13. The van der Waals surface area contributed by atoms with Gasteiger partial charge in [-0.25, -0.2) is 0 Å². The first kappa shape index (κ1) is 20.1. The van der Waals surface area contributed by atoms with E-state index in [0.29, 0.717) is 0 Å². The van der Waals surface area contributed by atoms with Gasteiger partial charge in [0.2, 0.25) is 0 Å². The van der Waals surface area contributed by atoms with Gasteiger partial charge in [0.1, 0.15) is 0 Å². The summed E-state index contributed by atoms with van der Waals surface area (Å²) in [5.41, 5.74) is 0. The quantitative estimate of drug-likeness (QED) is 0.405. The van der Waals surface area contributed by atoms with Gasteiger partial charge < -0.3 is 8.85 Å². The van der Waals surface area contributed by atoms with E-state index in [1.807, 2.05) is 0 Å². The monoisotopic (exact) mass is 330 g/mol. The summed E-state index contributed by atoms with van der Waals surface area (Å²) >= 11 is 0. The van der Waals surface area contributed by atoms with Crippen LogP contribution in [0.1, 0.15) is 53.4 Å². The normalized spacial score (nSPS) is 18.4. The lowest BCUT2D eigenvalue weighted by Crippen LogP contribution is -2.49. The first-order valence-electron chi connectivity index (χ1n) is 9.41. The zero-order valence-electron chi connectivity index (χ0n) is 15.4. The summed E-state index contributed by atoms with van der Waals surface area (Å²) in [5.74, 6) is 0.862. The molecule has 0 aromatic heterocycles. The van der Waals surface area contributed by atoms with Crippen molar-refractivity contribution in [2.24, 2.45) is 5.92 Å². The molecule has 0 aromatic rings. The van der Waals surface area contributed by atoms with Crippen molar-refractivity contribution in [2.45, 2.75) is 59.4 Å². The van der Waals surface area contributed by atoms with Gasteiger partial charge in [0, 0.05) is 26.3 Å². The fraction of sp³-hybridized carbons (Fsp3) is 1.00. The average molecular weight is 331 g/mol. The topological polar surface area (TPSA) is 24.9 Å². The van der Waals surface area contributed by atoms with E-state index in [9.17, 15) is 0 Å². The first-order valence-corrected chi connectivity index (χ1v) is 11.2. The Morgan fingerprint density at radius 3 is 1.95 bits per heavy atom. The highest BCUT2D eigenvalue weighted by molar-refractivity contribution is 6.44. The SMILES string of the molecule is CCO[SiH](CCCCCC1CN(CC)CN(CC)C1)OCC. The molecule has 0 N–H and O–H groups in total. The van der Waals surface area contributed by atoms with Crippen molar-refractivity contribution >= 4 is 9.28 Å². The Morgan fingerprint density at radius 2 is 1.45 bits per heavy atom. The van der Waals surface area contributed by atoms with Crippen LogP contribution < -0.4 is 0 Å². The Bertz CT molecular complexity index is 251. The Kier molecular flexibility index (Phi) is 11.4. The van der Waals surface area contributed by atoms with Gasteiger partial charge >= 0.3 is 9.28 Å². The maximum absolute atomic E-state index is 5.74. The second-order valence-electron chi connectivity index (χ2n) is 6.32. The lowest BCUT2D eigenvalue weighted by atomic mass is 9.98. The molecule has 5 heteroatoms. The molecule has 0 radical (unpaired) electrons. The molecule has 22 heavy (non-hydrogen) atoms. The van der Waals surface area contributed by atoms with E-state index in [0.717, 1.165) is 19.1 Å². The predicted molar refractivity (Wildman–Crippen MR) is 96.5 cm³/mol. The maximum Gasteiger partial charge on any atom is 0.321 e. The molecule has 1 fully saturated rings. The number of rotatable bonds is 12. The van der Waals surface area contributed by atoms with E-state index in [-0.39, 0.29) is 0 Å². The summed E-state index contributed by atoms with van der Waals surface area (Å²) in [6.45, 7) is 16.4. The van der Waals surface area contributed by atoms with Crippen LogP contribution in [-0.4, -0.2) is 65.1 Å². The molecule has 0 unspecified atom stereocenters. The van der Waals surface area contributed by atoms with E-state index < -0.39 is 9.28 Å². The Morgan fingerprint density at radius 1 is 0.864 bits per heavy atom. The van der Waals surface area contributed by atoms with E-state index in [2.05, 4.69) is 37.5 Å². The molecule has 0 saturated carbocycles. The van der Waals surface area contributed by atoms with Crippen molar-refractivity contribution in [3.05, 3.63) is 0 Å². The smallest absolute Gasteiger partial charge is 0.321 e. The molecule has 0 spiro atoms. The van der Waals surface area contributed by atoms with Gasteiger partial charge in [-0.3, -0.25) is 9.80 Å². The molecule has 1 saturated heterocycles. The number of unbranched alkanes of at least 4 members (excludes halogenated alkanes) is 2. The van der Waals surface area contributed by atoms with E-state index >= 15 is 0 Å². The third-order valence-corrected chi connectivity index (χ3v) is 6.87. The summed E-state index contributed by atoms with van der Waals surface area (Å²) in [7, 11) is -1.36. The van der Waals surface area contributed by atoms with Crippen LogP contribution in [-0.2, 0) is 8.85 Å². The van der Waals surface area contributed by atoms with E-state index in [1.165, 1.54) is 64.6 Å². The van der Waals surface area contributed by atoms with Crippen LogP contribution in [0, 0.1) is 5.92 Å². The van der Waals surface area contributed by atoms with Crippen LogP contribution >= 0.6 is 0 Å². The zero-order valence-corrected chi connectivity index (χ0v) is 16.5. The maximum atomic E-state index is 5.74. The van der Waals surface area contributed by atoms with E-state index in [1.54, 1.807) is 0 Å². The minimum absolute atomic E-state index is 0.804. The van der Waals surface area contributed by atoms with Crippen LogP contribution in [0.15, 0.2) is 0 Å². The third-order valence-electron chi connectivity index (χ3n) is 4.58. The fourth-order valence-electron chi connectivity index (χ4n) is 3.33. The molecule has 0 aliphatic carbocycles. The van der Waals surface area contributed by atoms with Crippen LogP contribution in [0.25, 0.3) is 0 Å². The molecule has 0 aromatic carbocycles. The summed E-state index contributed by atoms with van der Waals surface area (Å²) in [6, 6.07) is 1.18. The van der Waals surface area contributed by atoms with Gasteiger partial charge in [0.25, 0.3) is 0 Å². The Balaban J connectivity index is 2.14. The first-order chi connectivity index (χ1) is 10.7. The highest BCUT2D eigenvalue weighted by Crippen LogP contribution is 2.19. The highest BCUT2D eigenvalue weighted by atomic mass is 28.3. The molecular formula is C17H38N2O2Si. The number of hydrogen-bond acceptors (Lipinski definition) is 4. The van der Waals surface area contributed by atoms with Crippen molar-refractivity contribution in [1.29, 1.82) is 0 Å². The van der Waals surface area contributed by atoms with E-state index in [4.69, 9.17) is 8.85 Å². The minimum Gasteiger partial charge on any atom is -0.397 e. The predicted octanol–water partition coefficient (Wildman–Crippen LogP) is 3.07. The summed E-state index contributed by atoms with van der Waals surface area (Å²) in [4.78, 5) is 5.18. The van der Waals surface area contributed by atoms with Crippen LogP contribution in [0.5, 0.6) is 0 Å². The summed E-state index contributed by atoms with van der Waals surface area (Å²) < 4.78 is 11.5. The summed E-state index contributed by atoms with van der Waals surface area (Å²) in [5, 5.41) is 0. The van der Waals surface area contributed by atoms with Crippen molar-refractivity contribution in [3.63, 3.8) is 0 Å². The Labute approximate surface area is 140 Å². The van der Waals surface area contributed by atoms with Gasteiger partial charge in [-0.1, -0.05) is 33.1 Å². The molecule has 0 amide bonds. The molecule has 4 nitrogen and oxygen atoms in total. The van der Waals surface area contributed by atoms with Gasteiger partial charge in [-0.05, 0) is 45.3 Å². The second kappa shape index (κ2) is 12.5. The highest BCUT2D eigenvalue weighted by Gasteiger charge is 2.23. The van der Waals surface area contributed by atoms with Gasteiger partial charge in [-0.2, -0.15) is 0 Å². The second-order valence-corrected chi connectivity index (χ2v) is 8.43. The number of nitrogens with zero attached hydrogens (tertiary/aromatic N) is 2. The van der Waals surface area contributed by atoms with Crippen LogP contribution in [0.4, 0.5) is 0 Å².